The van der Waals surface area contributed by atoms with E-state index in [2.05, 4.69) is 5.32 Å². The number of methoxy groups -OCH3 is 1. The number of nitrogens with one attached hydrogen (secondary N) is 1. The Morgan fingerprint density at radius 1 is 1.03 bits per heavy atom. The largest absolute Gasteiger partial charge is 0.495 e. The third-order valence-corrected chi connectivity index (χ3v) is 6.69. The van der Waals surface area contributed by atoms with Gasteiger partial charge in [0.1, 0.15) is 11.8 Å². The molecule has 0 saturated heterocycles. The Kier molecular flexibility index (Phi) is 10.4. The third-order valence-electron chi connectivity index (χ3n) is 5.51. The summed E-state index contributed by atoms with van der Waals surface area (Å²) in [6, 6.07) is 16.0. The highest BCUT2D eigenvalue weighted by molar-refractivity contribution is 7.92. The van der Waals surface area contributed by atoms with Crippen molar-refractivity contribution in [2.24, 2.45) is 0 Å². The van der Waals surface area contributed by atoms with Crippen LogP contribution in [0.4, 0.5) is 5.69 Å². The molecule has 0 bridgehead atoms. The van der Waals surface area contributed by atoms with Crippen molar-refractivity contribution in [1.29, 1.82) is 0 Å². The van der Waals surface area contributed by atoms with Crippen molar-refractivity contribution in [2.45, 2.75) is 39.2 Å². The fourth-order valence-electron chi connectivity index (χ4n) is 3.71. The van der Waals surface area contributed by atoms with Gasteiger partial charge in [0.05, 0.1) is 19.1 Å². The molecule has 0 aliphatic rings. The number of anilines is 1. The molecule has 8 nitrogen and oxygen atoms in total. The molecule has 0 fully saturated rings. The Hall–Kier alpha value is -3.07. The predicted octanol–water partition coefficient (Wildman–Crippen LogP) is 2.84. The summed E-state index contributed by atoms with van der Waals surface area (Å²) in [5.74, 6) is 0.0347. The lowest BCUT2D eigenvalue weighted by Crippen LogP contribution is -2.48. The van der Waals surface area contributed by atoms with Crippen LogP contribution < -0.4 is 14.4 Å². The summed E-state index contributed by atoms with van der Waals surface area (Å²) in [7, 11) is -2.11. The van der Waals surface area contributed by atoms with Gasteiger partial charge in [-0.15, -0.1) is 0 Å². The third kappa shape index (κ3) is 7.76. The maximum Gasteiger partial charge on any atom is 0.242 e. The average Bonchev–Trinajstić information content (AvgIpc) is 2.82. The van der Waals surface area contributed by atoms with Crippen LogP contribution in [0.25, 0.3) is 0 Å². The number of likely N-dealkylation sites (N-methyl/N-ethyl adjacent to an activating group) is 1. The van der Waals surface area contributed by atoms with Gasteiger partial charge in [-0.2, -0.15) is 0 Å². The number of nitrogens with zero attached hydrogens (tertiary/aromatic N) is 2. The first kappa shape index (κ1) is 27.2. The summed E-state index contributed by atoms with van der Waals surface area (Å²) < 4.78 is 31.5. The predicted molar refractivity (Wildman–Crippen MR) is 134 cm³/mol. The number of sulfonamides is 1. The minimum atomic E-state index is -3.59. The van der Waals surface area contributed by atoms with Crippen LogP contribution in [0, 0.1) is 0 Å². The Bertz CT molecular complexity index is 1040. The minimum Gasteiger partial charge on any atom is -0.495 e. The fourth-order valence-corrected chi connectivity index (χ4v) is 4.68. The second-order valence-electron chi connectivity index (χ2n) is 8.00. The molecule has 1 unspecified atom stereocenters. The maximum atomic E-state index is 13.2. The number of rotatable bonds is 13. The number of benzene rings is 2. The molecular formula is C25H35N3O5S. The Labute approximate surface area is 202 Å². The molecule has 0 heterocycles. The number of ether oxygens (including phenoxy) is 1. The average molecular weight is 490 g/mol. The van der Waals surface area contributed by atoms with Crippen molar-refractivity contribution in [1.82, 2.24) is 10.2 Å². The van der Waals surface area contributed by atoms with Crippen LogP contribution in [-0.2, 0) is 26.0 Å². The number of carbonyl (C=O) groups excluding carboxylic acids is 2. The van der Waals surface area contributed by atoms with Gasteiger partial charge in [-0.25, -0.2) is 8.42 Å². The van der Waals surface area contributed by atoms with Crippen molar-refractivity contribution < 1.29 is 22.7 Å². The van der Waals surface area contributed by atoms with E-state index in [9.17, 15) is 18.0 Å². The van der Waals surface area contributed by atoms with Crippen molar-refractivity contribution in [3.63, 3.8) is 0 Å². The number of carbonyl (C=O) groups is 2. The first-order valence-corrected chi connectivity index (χ1v) is 13.3. The lowest BCUT2D eigenvalue weighted by atomic mass is 10.1. The van der Waals surface area contributed by atoms with Crippen molar-refractivity contribution >= 4 is 27.5 Å². The summed E-state index contributed by atoms with van der Waals surface area (Å²) in [5, 5.41) is 2.77. The summed E-state index contributed by atoms with van der Waals surface area (Å²) in [4.78, 5) is 27.2. The van der Waals surface area contributed by atoms with Crippen LogP contribution in [-0.4, -0.2) is 64.2 Å². The van der Waals surface area contributed by atoms with Gasteiger partial charge in [0.2, 0.25) is 21.8 Å². The molecule has 9 heteroatoms. The van der Waals surface area contributed by atoms with E-state index in [0.717, 1.165) is 11.8 Å². The molecule has 186 valence electrons. The molecule has 34 heavy (non-hydrogen) atoms. The van der Waals surface area contributed by atoms with Gasteiger partial charge >= 0.3 is 0 Å². The summed E-state index contributed by atoms with van der Waals surface area (Å²) in [5.41, 5.74) is 1.50. The van der Waals surface area contributed by atoms with E-state index in [1.165, 1.54) is 11.4 Å². The van der Waals surface area contributed by atoms with Gasteiger partial charge in [-0.05, 0) is 44.4 Å². The maximum absolute atomic E-state index is 13.2. The Morgan fingerprint density at radius 3 is 2.29 bits per heavy atom. The van der Waals surface area contributed by atoms with Crippen LogP contribution in [0.1, 0.15) is 32.3 Å². The number of hydrogen-bond donors (Lipinski definition) is 1. The summed E-state index contributed by atoms with van der Waals surface area (Å²) >= 11 is 0. The van der Waals surface area contributed by atoms with Crippen molar-refractivity contribution in [2.75, 3.05) is 37.3 Å². The number of hydrogen-bond acceptors (Lipinski definition) is 5. The first-order chi connectivity index (χ1) is 16.2. The first-order valence-electron chi connectivity index (χ1n) is 11.4. The van der Waals surface area contributed by atoms with Crippen LogP contribution in [0.3, 0.4) is 0 Å². The topological polar surface area (TPSA) is 96.0 Å². The number of amides is 2. The molecule has 0 radical (unpaired) electrons. The van der Waals surface area contributed by atoms with E-state index in [0.29, 0.717) is 37.4 Å². The van der Waals surface area contributed by atoms with E-state index >= 15 is 0 Å². The van der Waals surface area contributed by atoms with Crippen LogP contribution in [0.2, 0.25) is 0 Å². The van der Waals surface area contributed by atoms with Crippen LogP contribution in [0.5, 0.6) is 5.75 Å². The van der Waals surface area contributed by atoms with E-state index in [-0.39, 0.29) is 24.8 Å². The zero-order valence-electron chi connectivity index (χ0n) is 20.4. The molecule has 0 aliphatic heterocycles. The zero-order chi connectivity index (χ0) is 25.1. The van der Waals surface area contributed by atoms with Gasteiger partial charge in [0.15, 0.2) is 0 Å². The van der Waals surface area contributed by atoms with Crippen LogP contribution >= 0.6 is 0 Å². The highest BCUT2D eigenvalue weighted by atomic mass is 32.2. The second-order valence-corrected chi connectivity index (χ2v) is 9.91. The lowest BCUT2D eigenvalue weighted by Gasteiger charge is -2.29. The van der Waals surface area contributed by atoms with Gasteiger partial charge in [0, 0.05) is 26.1 Å². The van der Waals surface area contributed by atoms with E-state index in [1.54, 1.807) is 36.1 Å². The minimum absolute atomic E-state index is 0.111. The number of para-hydroxylation sites is 2. The summed E-state index contributed by atoms with van der Waals surface area (Å²) in [6.45, 7) is 4.53. The zero-order valence-corrected chi connectivity index (χ0v) is 21.2. The Morgan fingerprint density at radius 2 is 1.68 bits per heavy atom. The van der Waals surface area contributed by atoms with Gasteiger partial charge < -0.3 is 15.0 Å². The molecule has 0 aliphatic carbocycles. The van der Waals surface area contributed by atoms with Crippen LogP contribution in [0.15, 0.2) is 54.6 Å². The molecule has 2 rings (SSSR count). The fraction of sp³-hybridized carbons (Fsp3) is 0.440. The van der Waals surface area contributed by atoms with Crippen molar-refractivity contribution in [3.05, 3.63) is 60.2 Å². The molecule has 1 atom stereocenters. The second kappa shape index (κ2) is 13.0. The monoisotopic (exact) mass is 489 g/mol. The van der Waals surface area contributed by atoms with Gasteiger partial charge in [-0.3, -0.25) is 13.9 Å². The van der Waals surface area contributed by atoms with E-state index in [1.807, 2.05) is 37.3 Å². The summed E-state index contributed by atoms with van der Waals surface area (Å²) in [6.07, 6.45) is 2.16. The lowest BCUT2D eigenvalue weighted by molar-refractivity contribution is -0.139. The quantitative estimate of drug-likeness (QED) is 0.467. The molecule has 0 spiro atoms. The van der Waals surface area contributed by atoms with Gasteiger partial charge in [-0.1, -0.05) is 42.5 Å². The highest BCUT2D eigenvalue weighted by Crippen LogP contribution is 2.29. The van der Waals surface area contributed by atoms with E-state index in [4.69, 9.17) is 4.74 Å². The Balaban J connectivity index is 2.12. The smallest absolute Gasteiger partial charge is 0.242 e. The standard InChI is InChI=1S/C25H35N3O5S/c1-5-26-25(30)20(2)27(19-17-21-12-7-6-8-13-21)24(29)16-11-18-28(34(4,31)32)22-14-9-10-15-23(22)33-3/h6-10,12-15,20H,5,11,16-19H2,1-4H3,(H,26,30). The molecule has 2 aromatic carbocycles. The molecule has 2 amide bonds. The van der Waals surface area contributed by atoms with Gasteiger partial charge in [0.25, 0.3) is 0 Å². The highest BCUT2D eigenvalue weighted by Gasteiger charge is 2.26. The van der Waals surface area contributed by atoms with E-state index < -0.39 is 16.1 Å². The van der Waals surface area contributed by atoms with Crippen molar-refractivity contribution in [3.8, 4) is 5.75 Å². The molecule has 0 saturated carbocycles. The molecular weight excluding hydrogens is 454 g/mol. The molecule has 2 aromatic rings. The molecule has 0 aromatic heterocycles. The molecule has 1 N–H and O–H groups in total. The normalized spacial score (nSPS) is 12.0. The SMILES string of the molecule is CCNC(=O)C(C)N(CCc1ccccc1)C(=O)CCCN(c1ccccc1OC)S(C)(=O)=O.